The van der Waals surface area contributed by atoms with Gasteiger partial charge in [0.2, 0.25) is 0 Å². The van der Waals surface area contributed by atoms with E-state index in [4.69, 9.17) is 5.11 Å². The van der Waals surface area contributed by atoms with E-state index in [0.29, 0.717) is 0 Å². The number of nitro groups is 1. The summed E-state index contributed by atoms with van der Waals surface area (Å²) in [5.41, 5.74) is 0.162. The smallest absolute Gasteiger partial charge is 0.478 e. The van der Waals surface area contributed by atoms with E-state index in [1.807, 2.05) is 0 Å². The van der Waals surface area contributed by atoms with Gasteiger partial charge >= 0.3 is 11.9 Å². The molecule has 1 aromatic heterocycles. The molecule has 0 bridgehead atoms. The Bertz CT molecular complexity index is 639. The van der Waals surface area contributed by atoms with Gasteiger partial charge in [0.1, 0.15) is 0 Å². The monoisotopic (exact) mass is 312 g/mol. The number of carboxylic acids is 1. The standard InChI is InChI=1S/C9H5BrN4O4/c10-8-11-9(14(17)18)12-13(8)6-4-2-1-3-5(6)7(15)16/h1-4H,(H,15,16). The number of hydrogen-bond donors (Lipinski definition) is 1. The topological polar surface area (TPSA) is 111 Å². The van der Waals surface area contributed by atoms with Crippen molar-refractivity contribution < 1.29 is 14.8 Å². The van der Waals surface area contributed by atoms with Gasteiger partial charge in [-0.05, 0) is 22.0 Å². The molecular formula is C9H5BrN4O4. The third-order valence-corrected chi connectivity index (χ3v) is 2.60. The van der Waals surface area contributed by atoms with E-state index in [-0.39, 0.29) is 16.0 Å². The minimum atomic E-state index is -1.16. The predicted molar refractivity (Wildman–Crippen MR) is 62.7 cm³/mol. The van der Waals surface area contributed by atoms with Gasteiger partial charge in [0.15, 0.2) is 0 Å². The molecule has 9 heteroatoms. The van der Waals surface area contributed by atoms with Gasteiger partial charge in [-0.1, -0.05) is 12.1 Å². The first-order valence-electron chi connectivity index (χ1n) is 4.60. The van der Waals surface area contributed by atoms with E-state index in [1.165, 1.54) is 12.1 Å². The van der Waals surface area contributed by atoms with E-state index < -0.39 is 16.8 Å². The number of carboxylic acid groups (broad SMARTS) is 1. The van der Waals surface area contributed by atoms with Gasteiger partial charge in [0, 0.05) is 21.0 Å². The van der Waals surface area contributed by atoms with Crippen LogP contribution in [0.15, 0.2) is 29.0 Å². The van der Waals surface area contributed by atoms with Crippen molar-refractivity contribution in [3.05, 3.63) is 44.7 Å². The van der Waals surface area contributed by atoms with Crippen LogP contribution in [0, 0.1) is 10.1 Å². The van der Waals surface area contributed by atoms with E-state index in [9.17, 15) is 14.9 Å². The minimum Gasteiger partial charge on any atom is -0.478 e. The summed E-state index contributed by atoms with van der Waals surface area (Å²) in [7, 11) is 0. The summed E-state index contributed by atoms with van der Waals surface area (Å²) in [4.78, 5) is 24.4. The van der Waals surface area contributed by atoms with Crippen LogP contribution in [-0.2, 0) is 0 Å². The first-order valence-corrected chi connectivity index (χ1v) is 5.39. The summed E-state index contributed by atoms with van der Waals surface area (Å²) < 4.78 is 1.12. The third kappa shape index (κ3) is 2.07. The maximum atomic E-state index is 11.0. The predicted octanol–water partition coefficient (Wildman–Crippen LogP) is 1.64. The molecule has 0 radical (unpaired) electrons. The molecular weight excluding hydrogens is 308 g/mol. The molecule has 8 nitrogen and oxygen atoms in total. The molecule has 0 saturated carbocycles. The molecule has 1 N–H and O–H groups in total. The lowest BCUT2D eigenvalue weighted by Gasteiger charge is -2.02. The quantitative estimate of drug-likeness (QED) is 0.681. The Balaban J connectivity index is 2.62. The largest absolute Gasteiger partial charge is 0.492 e. The number of halogens is 1. The van der Waals surface area contributed by atoms with E-state index in [0.717, 1.165) is 4.68 Å². The number of carbonyl (C=O) groups is 1. The average molecular weight is 313 g/mol. The molecule has 0 unspecified atom stereocenters. The number of hydrogen-bond acceptors (Lipinski definition) is 5. The highest BCUT2D eigenvalue weighted by Gasteiger charge is 2.23. The molecule has 0 atom stereocenters. The summed E-state index contributed by atoms with van der Waals surface area (Å²) in [6, 6.07) is 6.00. The molecule has 0 aliphatic rings. The summed E-state index contributed by atoms with van der Waals surface area (Å²) in [5.74, 6) is -1.77. The Morgan fingerprint density at radius 1 is 1.44 bits per heavy atom. The average Bonchev–Trinajstić information content (AvgIpc) is 2.71. The van der Waals surface area contributed by atoms with Gasteiger partial charge in [0.25, 0.3) is 4.73 Å². The first-order chi connectivity index (χ1) is 8.50. The number of aromatic carboxylic acids is 1. The fourth-order valence-electron chi connectivity index (χ4n) is 1.35. The highest BCUT2D eigenvalue weighted by Crippen LogP contribution is 2.20. The van der Waals surface area contributed by atoms with Crippen LogP contribution in [0.3, 0.4) is 0 Å². The van der Waals surface area contributed by atoms with E-state index >= 15 is 0 Å². The molecule has 0 aliphatic heterocycles. The van der Waals surface area contributed by atoms with Crippen LogP contribution in [0.1, 0.15) is 10.4 Å². The lowest BCUT2D eigenvalue weighted by molar-refractivity contribution is -0.394. The van der Waals surface area contributed by atoms with Crippen LogP contribution < -0.4 is 0 Å². The SMILES string of the molecule is O=C(O)c1ccccc1-n1nc([N+](=O)[O-])nc1Br. The van der Waals surface area contributed by atoms with Crippen LogP contribution in [-0.4, -0.2) is 30.8 Å². The van der Waals surface area contributed by atoms with E-state index in [1.54, 1.807) is 12.1 Å². The van der Waals surface area contributed by atoms with Gasteiger partial charge in [-0.25, -0.2) is 4.79 Å². The Labute approximate surface area is 108 Å². The number of benzene rings is 1. The molecule has 0 aliphatic carbocycles. The van der Waals surface area contributed by atoms with Crippen molar-refractivity contribution in [2.75, 3.05) is 0 Å². The van der Waals surface area contributed by atoms with Crippen molar-refractivity contribution in [3.8, 4) is 5.69 Å². The fraction of sp³-hybridized carbons (Fsp3) is 0. The maximum absolute atomic E-state index is 11.0. The normalized spacial score (nSPS) is 10.3. The zero-order chi connectivity index (χ0) is 13.3. The van der Waals surface area contributed by atoms with Crippen LogP contribution >= 0.6 is 15.9 Å². The van der Waals surface area contributed by atoms with Crippen LogP contribution in [0.2, 0.25) is 0 Å². The molecule has 0 fully saturated rings. The van der Waals surface area contributed by atoms with Crippen molar-refractivity contribution in [3.63, 3.8) is 0 Å². The van der Waals surface area contributed by atoms with Crippen molar-refractivity contribution in [1.82, 2.24) is 14.8 Å². The van der Waals surface area contributed by atoms with Gasteiger partial charge < -0.3 is 15.2 Å². The van der Waals surface area contributed by atoms with Gasteiger partial charge in [-0.15, -0.1) is 4.68 Å². The fourth-order valence-corrected chi connectivity index (χ4v) is 1.78. The highest BCUT2D eigenvalue weighted by atomic mass is 79.9. The third-order valence-electron chi connectivity index (χ3n) is 2.08. The van der Waals surface area contributed by atoms with Crippen molar-refractivity contribution in [2.45, 2.75) is 0 Å². The molecule has 0 spiro atoms. The number of aromatic nitrogens is 3. The number of para-hydroxylation sites is 1. The van der Waals surface area contributed by atoms with Crippen LogP contribution in [0.5, 0.6) is 0 Å². The molecule has 0 saturated heterocycles. The Kier molecular flexibility index (Phi) is 3.06. The zero-order valence-electron chi connectivity index (χ0n) is 8.65. The summed E-state index contributed by atoms with van der Waals surface area (Å²) in [6.07, 6.45) is 0. The summed E-state index contributed by atoms with van der Waals surface area (Å²) in [6.45, 7) is 0. The number of rotatable bonds is 3. The molecule has 18 heavy (non-hydrogen) atoms. The molecule has 1 heterocycles. The van der Waals surface area contributed by atoms with Gasteiger partial charge in [-0.3, -0.25) is 0 Å². The zero-order valence-corrected chi connectivity index (χ0v) is 10.2. The van der Waals surface area contributed by atoms with Crippen molar-refractivity contribution >= 4 is 27.8 Å². The van der Waals surface area contributed by atoms with E-state index in [2.05, 4.69) is 26.0 Å². The number of nitrogens with zero attached hydrogens (tertiary/aromatic N) is 4. The Hall–Kier alpha value is -2.29. The summed E-state index contributed by atoms with van der Waals surface area (Å²) >= 11 is 3.00. The molecule has 2 aromatic rings. The molecule has 2 rings (SSSR count). The molecule has 0 amide bonds. The van der Waals surface area contributed by atoms with Gasteiger partial charge in [0.05, 0.1) is 11.3 Å². The Morgan fingerprint density at radius 3 is 2.67 bits per heavy atom. The second-order valence-electron chi connectivity index (χ2n) is 3.17. The van der Waals surface area contributed by atoms with Gasteiger partial charge in [-0.2, -0.15) is 0 Å². The Morgan fingerprint density at radius 2 is 2.11 bits per heavy atom. The molecule has 92 valence electrons. The highest BCUT2D eigenvalue weighted by molar-refractivity contribution is 9.10. The van der Waals surface area contributed by atoms with Crippen LogP contribution in [0.4, 0.5) is 5.95 Å². The first kappa shape index (κ1) is 12.2. The van der Waals surface area contributed by atoms with Crippen molar-refractivity contribution in [1.29, 1.82) is 0 Å². The lowest BCUT2D eigenvalue weighted by atomic mass is 10.2. The minimum absolute atomic E-state index is 0.0296. The lowest BCUT2D eigenvalue weighted by Crippen LogP contribution is -2.06. The second kappa shape index (κ2) is 4.53. The second-order valence-corrected chi connectivity index (χ2v) is 3.88. The van der Waals surface area contributed by atoms with Crippen LogP contribution in [0.25, 0.3) is 5.69 Å². The summed E-state index contributed by atoms with van der Waals surface area (Å²) in [5, 5.41) is 23.2. The maximum Gasteiger partial charge on any atom is 0.492 e. The molecule has 1 aromatic carbocycles. The van der Waals surface area contributed by atoms with Crippen molar-refractivity contribution in [2.24, 2.45) is 0 Å².